The minimum Gasteiger partial charge on any atom is -0.496 e. The fraction of sp³-hybridized carbons (Fsp3) is 0.500. The van der Waals surface area contributed by atoms with Gasteiger partial charge in [0.15, 0.2) is 0 Å². The van der Waals surface area contributed by atoms with Crippen LogP contribution in [0, 0.1) is 29.1 Å². The Morgan fingerprint density at radius 1 is 1.33 bits per heavy atom. The lowest BCUT2D eigenvalue weighted by Gasteiger charge is -2.27. The number of nitrogens with one attached hydrogen (secondary N) is 4. The average molecular weight is 450 g/mol. The zero-order valence-electron chi connectivity index (χ0n) is 18.4. The first kappa shape index (κ1) is 21.3. The van der Waals surface area contributed by atoms with Crippen LogP contribution in [0.2, 0.25) is 0 Å². The van der Waals surface area contributed by atoms with Crippen molar-refractivity contribution in [2.45, 2.75) is 43.7 Å². The van der Waals surface area contributed by atoms with Crippen LogP contribution in [0.5, 0.6) is 5.75 Å². The van der Waals surface area contributed by atoms with Crippen LogP contribution in [0.15, 0.2) is 24.3 Å². The molecule has 33 heavy (non-hydrogen) atoms. The Hall–Kier alpha value is -3.54. The zero-order chi connectivity index (χ0) is 23.2. The molecule has 3 aliphatic rings. The van der Waals surface area contributed by atoms with Gasteiger partial charge in [-0.2, -0.15) is 5.26 Å². The quantitative estimate of drug-likeness (QED) is 0.509. The molecule has 2 saturated carbocycles. The molecule has 9 nitrogen and oxygen atoms in total. The van der Waals surface area contributed by atoms with Crippen LogP contribution in [0.4, 0.5) is 0 Å². The van der Waals surface area contributed by atoms with Gasteiger partial charge in [-0.1, -0.05) is 18.9 Å². The van der Waals surface area contributed by atoms with Crippen molar-refractivity contribution in [1.29, 1.82) is 5.26 Å². The van der Waals surface area contributed by atoms with Crippen molar-refractivity contribution in [3.8, 4) is 11.8 Å². The molecule has 2 aromatic rings. The molecule has 2 heterocycles. The Balaban J connectivity index is 1.32. The number of fused-ring (bicyclic) bond motifs is 2. The van der Waals surface area contributed by atoms with Crippen LogP contribution in [0.1, 0.15) is 42.6 Å². The monoisotopic (exact) mass is 449 g/mol. The summed E-state index contributed by atoms with van der Waals surface area (Å²) in [6.45, 7) is 0.537. The number of hydrogen-bond donors (Lipinski definition) is 4. The summed E-state index contributed by atoms with van der Waals surface area (Å²) in [4.78, 5) is 41.4. The van der Waals surface area contributed by atoms with Crippen molar-refractivity contribution in [3.63, 3.8) is 0 Å². The van der Waals surface area contributed by atoms with E-state index in [1.54, 1.807) is 13.2 Å². The number of H-pyrrole nitrogens is 1. The SMILES string of the molecule is COc1cccc2[nH]c(C(=O)NC(CC3CC3)C(=O)NC3(C#N)CC4CNC(=O)C4C3)cc12. The highest BCUT2D eigenvalue weighted by Crippen LogP contribution is 2.42. The molecule has 3 fully saturated rings. The molecular weight excluding hydrogens is 422 g/mol. The fourth-order valence-electron chi connectivity index (χ4n) is 5.23. The number of methoxy groups -OCH3 is 1. The second kappa shape index (κ2) is 8.10. The van der Waals surface area contributed by atoms with Gasteiger partial charge in [-0.25, -0.2) is 0 Å². The zero-order valence-corrected chi connectivity index (χ0v) is 18.4. The molecule has 0 bridgehead atoms. The van der Waals surface area contributed by atoms with E-state index in [0.717, 1.165) is 23.7 Å². The number of aromatic amines is 1. The van der Waals surface area contributed by atoms with Gasteiger partial charge in [0.2, 0.25) is 11.8 Å². The fourth-order valence-corrected chi connectivity index (χ4v) is 5.23. The topological polar surface area (TPSA) is 136 Å². The van der Waals surface area contributed by atoms with Crippen molar-refractivity contribution >= 4 is 28.6 Å². The van der Waals surface area contributed by atoms with Gasteiger partial charge in [0.25, 0.3) is 5.91 Å². The highest BCUT2D eigenvalue weighted by Gasteiger charge is 2.52. The summed E-state index contributed by atoms with van der Waals surface area (Å²) < 4.78 is 5.36. The second-order valence-electron chi connectivity index (χ2n) is 9.51. The largest absolute Gasteiger partial charge is 0.496 e. The van der Waals surface area contributed by atoms with Gasteiger partial charge in [0.1, 0.15) is 23.0 Å². The number of nitriles is 1. The lowest BCUT2D eigenvalue weighted by molar-refractivity contribution is -0.125. The molecule has 5 rings (SSSR count). The van der Waals surface area contributed by atoms with Gasteiger partial charge >= 0.3 is 0 Å². The molecule has 0 radical (unpaired) electrons. The van der Waals surface area contributed by atoms with Gasteiger partial charge in [-0.15, -0.1) is 0 Å². The van der Waals surface area contributed by atoms with E-state index in [1.807, 2.05) is 18.2 Å². The third kappa shape index (κ3) is 4.01. The molecular formula is C24H27N5O4. The first-order valence-electron chi connectivity index (χ1n) is 11.4. The predicted molar refractivity (Wildman–Crippen MR) is 119 cm³/mol. The smallest absolute Gasteiger partial charge is 0.268 e. The minimum absolute atomic E-state index is 0.0512. The summed E-state index contributed by atoms with van der Waals surface area (Å²) >= 11 is 0. The Morgan fingerprint density at radius 2 is 2.15 bits per heavy atom. The summed E-state index contributed by atoms with van der Waals surface area (Å²) in [5.74, 6) is 0.0348. The summed E-state index contributed by atoms with van der Waals surface area (Å²) in [7, 11) is 1.57. The summed E-state index contributed by atoms with van der Waals surface area (Å²) in [6, 6.07) is 8.72. The molecule has 4 atom stereocenters. The molecule has 4 unspecified atom stereocenters. The lowest BCUT2D eigenvalue weighted by atomic mass is 9.96. The summed E-state index contributed by atoms with van der Waals surface area (Å²) in [5, 5.41) is 19.3. The molecule has 1 aromatic heterocycles. The number of carbonyl (C=O) groups excluding carboxylic acids is 3. The van der Waals surface area contributed by atoms with E-state index >= 15 is 0 Å². The van der Waals surface area contributed by atoms with E-state index < -0.39 is 11.6 Å². The van der Waals surface area contributed by atoms with Crippen molar-refractivity contribution in [2.24, 2.45) is 17.8 Å². The average Bonchev–Trinajstić information content (AvgIpc) is 3.25. The minimum atomic E-state index is -1.08. The Labute approximate surface area is 191 Å². The van der Waals surface area contributed by atoms with Gasteiger partial charge < -0.3 is 25.7 Å². The van der Waals surface area contributed by atoms with Crippen molar-refractivity contribution < 1.29 is 19.1 Å². The Kier molecular flexibility index (Phi) is 5.23. The van der Waals surface area contributed by atoms with Crippen molar-refractivity contribution in [2.75, 3.05) is 13.7 Å². The predicted octanol–water partition coefficient (Wildman–Crippen LogP) is 1.61. The number of benzene rings is 1. The number of rotatable bonds is 7. The van der Waals surface area contributed by atoms with Crippen LogP contribution in [0.3, 0.4) is 0 Å². The second-order valence-corrected chi connectivity index (χ2v) is 9.51. The molecule has 0 spiro atoms. The normalized spacial score (nSPS) is 26.8. The molecule has 1 aliphatic heterocycles. The molecule has 4 N–H and O–H groups in total. The van der Waals surface area contributed by atoms with E-state index in [0.29, 0.717) is 43.2 Å². The van der Waals surface area contributed by atoms with Gasteiger partial charge in [0.05, 0.1) is 13.2 Å². The third-order valence-electron chi connectivity index (χ3n) is 7.18. The van der Waals surface area contributed by atoms with Crippen LogP contribution in [-0.4, -0.2) is 47.9 Å². The number of ether oxygens (including phenoxy) is 1. The number of nitrogens with zero attached hydrogens (tertiary/aromatic N) is 1. The number of aromatic nitrogens is 1. The molecule has 3 amide bonds. The molecule has 9 heteroatoms. The Bertz CT molecular complexity index is 1160. The summed E-state index contributed by atoms with van der Waals surface area (Å²) in [6.07, 6.45) is 3.31. The Morgan fingerprint density at radius 3 is 2.85 bits per heavy atom. The number of hydrogen-bond acceptors (Lipinski definition) is 5. The lowest BCUT2D eigenvalue weighted by Crippen LogP contribution is -2.55. The van der Waals surface area contributed by atoms with Crippen LogP contribution in [-0.2, 0) is 9.59 Å². The highest BCUT2D eigenvalue weighted by atomic mass is 16.5. The third-order valence-corrected chi connectivity index (χ3v) is 7.18. The van der Waals surface area contributed by atoms with E-state index in [1.165, 1.54) is 0 Å². The van der Waals surface area contributed by atoms with Gasteiger partial charge in [0, 0.05) is 23.4 Å². The van der Waals surface area contributed by atoms with E-state index in [-0.39, 0.29) is 29.6 Å². The maximum Gasteiger partial charge on any atom is 0.268 e. The standard InChI is InChI=1S/C24H27N5O4/c1-33-20-4-2-3-17-15(20)8-19(27-17)22(31)28-18(7-13-5-6-13)23(32)29-24(12-25)9-14-11-26-21(30)16(14)10-24/h2-4,8,13-14,16,18,27H,5-7,9-11H2,1H3,(H,26,30)(H,28,31)(H,29,32). The van der Waals surface area contributed by atoms with Crippen molar-refractivity contribution in [3.05, 3.63) is 30.0 Å². The molecule has 172 valence electrons. The van der Waals surface area contributed by atoms with E-state index in [4.69, 9.17) is 4.74 Å². The van der Waals surface area contributed by atoms with E-state index in [2.05, 4.69) is 27.0 Å². The maximum absolute atomic E-state index is 13.3. The summed E-state index contributed by atoms with van der Waals surface area (Å²) in [5.41, 5.74) is 0.0256. The molecule has 1 saturated heterocycles. The van der Waals surface area contributed by atoms with Gasteiger partial charge in [-0.05, 0) is 49.3 Å². The molecule has 1 aromatic carbocycles. The first-order valence-corrected chi connectivity index (χ1v) is 11.4. The molecule has 2 aliphatic carbocycles. The number of amides is 3. The maximum atomic E-state index is 13.3. The van der Waals surface area contributed by atoms with Gasteiger partial charge in [-0.3, -0.25) is 14.4 Å². The van der Waals surface area contributed by atoms with Crippen LogP contribution < -0.4 is 20.7 Å². The van der Waals surface area contributed by atoms with Crippen LogP contribution >= 0.6 is 0 Å². The van der Waals surface area contributed by atoms with Crippen LogP contribution in [0.25, 0.3) is 10.9 Å². The first-order chi connectivity index (χ1) is 15.9. The van der Waals surface area contributed by atoms with E-state index in [9.17, 15) is 19.6 Å². The van der Waals surface area contributed by atoms with Crippen molar-refractivity contribution in [1.82, 2.24) is 20.9 Å². The highest BCUT2D eigenvalue weighted by molar-refractivity contribution is 6.01. The number of carbonyl (C=O) groups is 3.